The molecule has 1 aliphatic rings. The van der Waals surface area contributed by atoms with Crippen molar-refractivity contribution in [3.8, 4) is 5.69 Å². The van der Waals surface area contributed by atoms with Crippen LogP contribution in [0.5, 0.6) is 0 Å². The van der Waals surface area contributed by atoms with E-state index in [1.807, 2.05) is 0 Å². The molecule has 0 unspecified atom stereocenters. The quantitative estimate of drug-likeness (QED) is 0.780. The molecule has 2 aromatic rings. The molecule has 0 saturated carbocycles. The number of nitrogens with zero attached hydrogens (tertiary/aromatic N) is 5. The van der Waals surface area contributed by atoms with Gasteiger partial charge in [0.05, 0.1) is 11.3 Å². The highest BCUT2D eigenvalue weighted by Gasteiger charge is 2.22. The summed E-state index contributed by atoms with van der Waals surface area (Å²) >= 11 is 0. The number of carbonyl (C=O) groups is 2. The molecular formula is C16H19N5O3. The van der Waals surface area contributed by atoms with Gasteiger partial charge in [-0.15, -0.1) is 5.10 Å². The normalized spacial score (nSPS) is 17.5. The molecule has 0 spiro atoms. The zero-order valence-electron chi connectivity index (χ0n) is 13.5. The largest absolute Gasteiger partial charge is 0.452 e. The van der Waals surface area contributed by atoms with Crippen LogP contribution in [0.1, 0.15) is 30.1 Å². The number of ether oxygens (including phenoxy) is 1. The summed E-state index contributed by atoms with van der Waals surface area (Å²) in [6, 6.07) is 6.65. The maximum absolute atomic E-state index is 12.1. The lowest BCUT2D eigenvalue weighted by atomic mass is 10.0. The van der Waals surface area contributed by atoms with Crippen LogP contribution in [0, 0.1) is 5.92 Å². The fourth-order valence-electron chi connectivity index (χ4n) is 2.75. The number of tetrazole rings is 1. The Morgan fingerprint density at radius 1 is 1.29 bits per heavy atom. The van der Waals surface area contributed by atoms with E-state index in [0.29, 0.717) is 11.5 Å². The number of amides is 1. The Labute approximate surface area is 139 Å². The summed E-state index contributed by atoms with van der Waals surface area (Å²) in [5.74, 6) is -0.158. The Balaban J connectivity index is 1.54. The van der Waals surface area contributed by atoms with Crippen LogP contribution in [0.3, 0.4) is 0 Å². The van der Waals surface area contributed by atoms with Crippen molar-refractivity contribution in [2.45, 2.75) is 19.8 Å². The fraction of sp³-hybridized carbons (Fsp3) is 0.438. The average Bonchev–Trinajstić information content (AvgIpc) is 3.14. The van der Waals surface area contributed by atoms with Gasteiger partial charge in [-0.1, -0.05) is 6.92 Å². The summed E-state index contributed by atoms with van der Waals surface area (Å²) < 4.78 is 6.61. The number of likely N-dealkylation sites (tertiary alicyclic amines) is 1. The zero-order valence-corrected chi connectivity index (χ0v) is 13.5. The van der Waals surface area contributed by atoms with Crippen molar-refractivity contribution < 1.29 is 14.3 Å². The molecule has 1 amide bonds. The van der Waals surface area contributed by atoms with E-state index in [0.717, 1.165) is 31.6 Å². The van der Waals surface area contributed by atoms with Crippen LogP contribution in [0.4, 0.5) is 0 Å². The van der Waals surface area contributed by atoms with Crippen LogP contribution in [-0.2, 0) is 9.53 Å². The standard InChI is InChI=1S/C16H19N5O3/c1-12-3-2-8-20(9-12)15(22)10-24-16(23)13-4-6-14(7-5-13)21-11-17-18-19-21/h4-7,11-12H,2-3,8-10H2,1H3/t12-/m0/s1. The molecule has 0 N–H and O–H groups in total. The lowest BCUT2D eigenvalue weighted by molar-refractivity contribution is -0.136. The van der Waals surface area contributed by atoms with Gasteiger partial charge in [0, 0.05) is 13.1 Å². The number of hydrogen-bond donors (Lipinski definition) is 0. The minimum Gasteiger partial charge on any atom is -0.452 e. The molecule has 0 aliphatic carbocycles. The highest BCUT2D eigenvalue weighted by molar-refractivity contribution is 5.91. The van der Waals surface area contributed by atoms with E-state index >= 15 is 0 Å². The van der Waals surface area contributed by atoms with Crippen LogP contribution in [0.25, 0.3) is 5.69 Å². The molecule has 2 heterocycles. The van der Waals surface area contributed by atoms with E-state index in [9.17, 15) is 9.59 Å². The Kier molecular flexibility index (Phi) is 4.83. The van der Waals surface area contributed by atoms with Crippen molar-refractivity contribution in [2.75, 3.05) is 19.7 Å². The number of aromatic nitrogens is 4. The average molecular weight is 329 g/mol. The monoisotopic (exact) mass is 329 g/mol. The summed E-state index contributed by atoms with van der Waals surface area (Å²) in [4.78, 5) is 25.9. The summed E-state index contributed by atoms with van der Waals surface area (Å²) in [5, 5.41) is 10.9. The minimum absolute atomic E-state index is 0.139. The van der Waals surface area contributed by atoms with E-state index in [4.69, 9.17) is 4.74 Å². The molecule has 8 nitrogen and oxygen atoms in total. The van der Waals surface area contributed by atoms with Gasteiger partial charge >= 0.3 is 5.97 Å². The summed E-state index contributed by atoms with van der Waals surface area (Å²) in [7, 11) is 0. The van der Waals surface area contributed by atoms with Crippen LogP contribution >= 0.6 is 0 Å². The van der Waals surface area contributed by atoms with Crippen molar-refractivity contribution in [1.82, 2.24) is 25.1 Å². The number of hydrogen-bond acceptors (Lipinski definition) is 6. The highest BCUT2D eigenvalue weighted by Crippen LogP contribution is 2.15. The Bertz CT molecular complexity index is 699. The third-order valence-electron chi connectivity index (χ3n) is 4.05. The molecule has 126 valence electrons. The molecule has 1 fully saturated rings. The second-order valence-electron chi connectivity index (χ2n) is 5.96. The molecule has 1 atom stereocenters. The van der Waals surface area contributed by atoms with E-state index in [2.05, 4.69) is 22.4 Å². The third-order valence-corrected chi connectivity index (χ3v) is 4.05. The van der Waals surface area contributed by atoms with Crippen molar-refractivity contribution in [1.29, 1.82) is 0 Å². The van der Waals surface area contributed by atoms with Crippen molar-refractivity contribution >= 4 is 11.9 Å². The summed E-state index contributed by atoms with van der Waals surface area (Å²) in [5.41, 5.74) is 1.11. The lowest BCUT2D eigenvalue weighted by Gasteiger charge is -2.30. The Hall–Kier alpha value is -2.77. The molecule has 1 saturated heterocycles. The molecule has 1 aromatic carbocycles. The van der Waals surface area contributed by atoms with Crippen LogP contribution < -0.4 is 0 Å². The Morgan fingerprint density at radius 3 is 2.75 bits per heavy atom. The first-order valence-electron chi connectivity index (χ1n) is 7.92. The highest BCUT2D eigenvalue weighted by atomic mass is 16.5. The number of carbonyl (C=O) groups excluding carboxylic acids is 2. The van der Waals surface area contributed by atoms with Crippen molar-refractivity contribution in [2.24, 2.45) is 5.92 Å². The first-order valence-corrected chi connectivity index (χ1v) is 7.92. The Morgan fingerprint density at radius 2 is 2.08 bits per heavy atom. The number of piperidine rings is 1. The zero-order chi connectivity index (χ0) is 16.9. The van der Waals surface area contributed by atoms with Gasteiger partial charge in [0.2, 0.25) is 0 Å². The number of esters is 1. The molecule has 1 aromatic heterocycles. The molecular weight excluding hydrogens is 310 g/mol. The second-order valence-corrected chi connectivity index (χ2v) is 5.96. The van der Waals surface area contributed by atoms with Crippen LogP contribution in [0.2, 0.25) is 0 Å². The first kappa shape index (κ1) is 16.1. The molecule has 0 bridgehead atoms. The third kappa shape index (κ3) is 3.76. The maximum Gasteiger partial charge on any atom is 0.338 e. The summed E-state index contributed by atoms with van der Waals surface area (Å²) in [6.07, 6.45) is 3.60. The van der Waals surface area contributed by atoms with Gasteiger partial charge in [0.15, 0.2) is 6.61 Å². The van der Waals surface area contributed by atoms with Gasteiger partial charge in [-0.3, -0.25) is 4.79 Å². The number of rotatable bonds is 4. The van der Waals surface area contributed by atoms with Gasteiger partial charge < -0.3 is 9.64 Å². The van der Waals surface area contributed by atoms with Gasteiger partial charge in [0.25, 0.3) is 5.91 Å². The molecule has 24 heavy (non-hydrogen) atoms. The lowest BCUT2D eigenvalue weighted by Crippen LogP contribution is -2.41. The van der Waals surface area contributed by atoms with E-state index < -0.39 is 5.97 Å². The molecule has 3 rings (SSSR count). The number of benzene rings is 1. The molecule has 1 aliphatic heterocycles. The van der Waals surface area contributed by atoms with Gasteiger partial charge in [-0.05, 0) is 53.5 Å². The minimum atomic E-state index is -0.517. The maximum atomic E-state index is 12.1. The smallest absolute Gasteiger partial charge is 0.338 e. The van der Waals surface area contributed by atoms with Gasteiger partial charge in [-0.2, -0.15) is 0 Å². The van der Waals surface area contributed by atoms with Crippen molar-refractivity contribution in [3.05, 3.63) is 36.2 Å². The van der Waals surface area contributed by atoms with E-state index in [1.54, 1.807) is 29.2 Å². The van der Waals surface area contributed by atoms with Gasteiger partial charge in [-0.25, -0.2) is 9.48 Å². The SMILES string of the molecule is C[C@H]1CCCN(C(=O)COC(=O)c2ccc(-n3cnnn3)cc2)C1. The predicted octanol–water partition coefficient (Wildman–Crippen LogP) is 1.08. The van der Waals surface area contributed by atoms with E-state index in [1.165, 1.54) is 11.0 Å². The van der Waals surface area contributed by atoms with Gasteiger partial charge in [0.1, 0.15) is 6.33 Å². The summed E-state index contributed by atoms with van der Waals surface area (Å²) in [6.45, 7) is 3.37. The van der Waals surface area contributed by atoms with Crippen LogP contribution in [0.15, 0.2) is 30.6 Å². The topological polar surface area (TPSA) is 90.2 Å². The van der Waals surface area contributed by atoms with E-state index in [-0.39, 0.29) is 12.5 Å². The van der Waals surface area contributed by atoms with Crippen LogP contribution in [-0.4, -0.2) is 56.7 Å². The predicted molar refractivity (Wildman–Crippen MR) is 84.4 cm³/mol. The second kappa shape index (κ2) is 7.20. The molecule has 0 radical (unpaired) electrons. The molecule has 8 heteroatoms. The first-order chi connectivity index (χ1) is 11.6. The fourth-order valence-corrected chi connectivity index (χ4v) is 2.75. The van der Waals surface area contributed by atoms with Crippen molar-refractivity contribution in [3.63, 3.8) is 0 Å².